The molecule has 0 radical (unpaired) electrons. The monoisotopic (exact) mass is 375 g/mol. The SMILES string of the molecule is c1ccc(-c2csc3ncnc(NC[C@@H]4COc5ccccc5O4)c23)cc1. The molecule has 0 saturated heterocycles. The molecule has 1 N–H and O–H groups in total. The van der Waals surface area contributed by atoms with Gasteiger partial charge in [0.05, 0.1) is 11.9 Å². The average molecular weight is 375 g/mol. The molecule has 1 aliphatic heterocycles. The van der Waals surface area contributed by atoms with Gasteiger partial charge in [-0.25, -0.2) is 9.97 Å². The highest BCUT2D eigenvalue weighted by Gasteiger charge is 2.21. The standard InChI is InChI=1S/C21H17N3O2S/c1-2-6-14(7-3-1)16-12-27-21-19(16)20(23-13-24-21)22-10-15-11-25-17-8-4-5-9-18(17)26-15/h1-9,12-13,15H,10-11H2,(H,22,23,24)/t15-/m1/s1. The first-order valence-corrected chi connectivity index (χ1v) is 9.66. The maximum atomic E-state index is 6.03. The number of ether oxygens (including phenoxy) is 2. The molecular weight excluding hydrogens is 358 g/mol. The highest BCUT2D eigenvalue weighted by molar-refractivity contribution is 7.17. The van der Waals surface area contributed by atoms with E-state index in [0.717, 1.165) is 38.7 Å². The molecule has 27 heavy (non-hydrogen) atoms. The lowest BCUT2D eigenvalue weighted by molar-refractivity contribution is 0.0997. The largest absolute Gasteiger partial charge is 0.486 e. The van der Waals surface area contributed by atoms with Crippen LogP contribution >= 0.6 is 11.3 Å². The van der Waals surface area contributed by atoms with E-state index in [1.807, 2.05) is 42.5 Å². The summed E-state index contributed by atoms with van der Waals surface area (Å²) < 4.78 is 11.8. The highest BCUT2D eigenvalue weighted by atomic mass is 32.1. The minimum Gasteiger partial charge on any atom is -0.486 e. The lowest BCUT2D eigenvalue weighted by Crippen LogP contribution is -2.35. The van der Waals surface area contributed by atoms with E-state index in [4.69, 9.17) is 9.47 Å². The van der Waals surface area contributed by atoms with Crippen LogP contribution in [-0.4, -0.2) is 29.2 Å². The van der Waals surface area contributed by atoms with Crippen LogP contribution in [0.3, 0.4) is 0 Å². The van der Waals surface area contributed by atoms with E-state index >= 15 is 0 Å². The smallest absolute Gasteiger partial charge is 0.161 e. The molecular formula is C21H17N3O2S. The van der Waals surface area contributed by atoms with Gasteiger partial charge >= 0.3 is 0 Å². The molecule has 3 heterocycles. The second-order valence-electron chi connectivity index (χ2n) is 6.30. The number of hydrogen-bond acceptors (Lipinski definition) is 6. The van der Waals surface area contributed by atoms with Gasteiger partial charge in [-0.05, 0) is 17.7 Å². The summed E-state index contributed by atoms with van der Waals surface area (Å²) >= 11 is 1.63. The molecule has 0 unspecified atom stereocenters. The van der Waals surface area contributed by atoms with E-state index in [0.29, 0.717) is 13.2 Å². The normalized spacial score (nSPS) is 15.6. The van der Waals surface area contributed by atoms with Crippen molar-refractivity contribution in [2.45, 2.75) is 6.10 Å². The van der Waals surface area contributed by atoms with E-state index in [9.17, 15) is 0 Å². The fourth-order valence-corrected chi connectivity index (χ4v) is 4.13. The number of benzene rings is 2. The third-order valence-corrected chi connectivity index (χ3v) is 5.41. The fourth-order valence-electron chi connectivity index (χ4n) is 3.21. The van der Waals surface area contributed by atoms with Gasteiger partial charge in [0.15, 0.2) is 11.5 Å². The number of thiophene rings is 1. The summed E-state index contributed by atoms with van der Waals surface area (Å²) in [6, 6.07) is 18.1. The number of nitrogens with zero attached hydrogens (tertiary/aromatic N) is 2. The third kappa shape index (κ3) is 3.08. The number of rotatable bonds is 4. The molecule has 5 nitrogen and oxygen atoms in total. The van der Waals surface area contributed by atoms with Crippen LogP contribution in [0.15, 0.2) is 66.3 Å². The number of aromatic nitrogens is 2. The van der Waals surface area contributed by atoms with Gasteiger partial charge in [0.25, 0.3) is 0 Å². The Morgan fingerprint density at radius 2 is 1.81 bits per heavy atom. The van der Waals surface area contributed by atoms with Crippen LogP contribution in [0.1, 0.15) is 0 Å². The van der Waals surface area contributed by atoms with Gasteiger partial charge in [-0.1, -0.05) is 42.5 Å². The Morgan fingerprint density at radius 1 is 1.00 bits per heavy atom. The van der Waals surface area contributed by atoms with Crippen LogP contribution in [0.4, 0.5) is 5.82 Å². The minimum absolute atomic E-state index is 0.0799. The molecule has 1 atom stereocenters. The van der Waals surface area contributed by atoms with Crippen molar-refractivity contribution >= 4 is 27.4 Å². The van der Waals surface area contributed by atoms with Crippen LogP contribution in [0.5, 0.6) is 11.5 Å². The molecule has 5 rings (SSSR count). The highest BCUT2D eigenvalue weighted by Crippen LogP contribution is 2.36. The zero-order chi connectivity index (χ0) is 18.1. The van der Waals surface area contributed by atoms with Gasteiger partial charge in [0.1, 0.15) is 29.7 Å². The minimum atomic E-state index is -0.0799. The van der Waals surface area contributed by atoms with Crippen molar-refractivity contribution in [2.24, 2.45) is 0 Å². The quantitative estimate of drug-likeness (QED) is 0.564. The van der Waals surface area contributed by atoms with Crippen molar-refractivity contribution < 1.29 is 9.47 Å². The predicted octanol–water partition coefficient (Wildman–Crippen LogP) is 4.61. The number of hydrogen-bond donors (Lipinski definition) is 1. The van der Waals surface area contributed by atoms with Crippen molar-refractivity contribution in [3.63, 3.8) is 0 Å². The van der Waals surface area contributed by atoms with Crippen LogP contribution in [0.25, 0.3) is 21.3 Å². The van der Waals surface area contributed by atoms with Crippen molar-refractivity contribution in [3.05, 3.63) is 66.3 Å². The number of nitrogens with one attached hydrogen (secondary N) is 1. The molecule has 0 aliphatic carbocycles. The molecule has 2 aromatic heterocycles. The summed E-state index contributed by atoms with van der Waals surface area (Å²) in [5, 5.41) is 6.62. The first-order valence-electron chi connectivity index (χ1n) is 8.78. The van der Waals surface area contributed by atoms with Crippen LogP contribution in [0, 0.1) is 0 Å². The summed E-state index contributed by atoms with van der Waals surface area (Å²) in [5.74, 6) is 2.40. The molecule has 0 bridgehead atoms. The molecule has 6 heteroatoms. The summed E-state index contributed by atoms with van der Waals surface area (Å²) in [4.78, 5) is 9.88. The fraction of sp³-hybridized carbons (Fsp3) is 0.143. The Bertz CT molecular complexity index is 1080. The van der Waals surface area contributed by atoms with Gasteiger partial charge in [-0.15, -0.1) is 11.3 Å². The Hall–Kier alpha value is -3.12. The summed E-state index contributed by atoms with van der Waals surface area (Å²) in [6.07, 6.45) is 1.52. The second kappa shape index (κ2) is 6.89. The van der Waals surface area contributed by atoms with Gasteiger partial charge in [0, 0.05) is 10.9 Å². The second-order valence-corrected chi connectivity index (χ2v) is 7.15. The van der Waals surface area contributed by atoms with Crippen LogP contribution in [-0.2, 0) is 0 Å². The lowest BCUT2D eigenvalue weighted by Gasteiger charge is -2.26. The summed E-state index contributed by atoms with van der Waals surface area (Å²) in [7, 11) is 0. The molecule has 0 amide bonds. The number of anilines is 1. The van der Waals surface area contributed by atoms with Crippen LogP contribution < -0.4 is 14.8 Å². The number of fused-ring (bicyclic) bond motifs is 2. The maximum Gasteiger partial charge on any atom is 0.161 e. The Morgan fingerprint density at radius 3 is 2.70 bits per heavy atom. The maximum absolute atomic E-state index is 6.03. The van der Waals surface area contributed by atoms with E-state index in [1.165, 1.54) is 0 Å². The van der Waals surface area contributed by atoms with E-state index in [-0.39, 0.29) is 6.10 Å². The van der Waals surface area contributed by atoms with Crippen molar-refractivity contribution in [1.29, 1.82) is 0 Å². The molecule has 0 spiro atoms. The van der Waals surface area contributed by atoms with Crippen molar-refractivity contribution in [1.82, 2.24) is 9.97 Å². The molecule has 0 fully saturated rings. The topological polar surface area (TPSA) is 56.3 Å². The Kier molecular flexibility index (Phi) is 4.10. The lowest BCUT2D eigenvalue weighted by atomic mass is 10.1. The molecule has 0 saturated carbocycles. The van der Waals surface area contributed by atoms with Gasteiger partial charge in [-0.2, -0.15) is 0 Å². The van der Waals surface area contributed by atoms with Gasteiger partial charge in [0.2, 0.25) is 0 Å². The molecule has 2 aromatic carbocycles. The summed E-state index contributed by atoms with van der Waals surface area (Å²) in [5.41, 5.74) is 2.30. The van der Waals surface area contributed by atoms with Gasteiger partial charge in [-0.3, -0.25) is 0 Å². The van der Waals surface area contributed by atoms with Crippen molar-refractivity contribution in [2.75, 3.05) is 18.5 Å². The van der Waals surface area contributed by atoms with E-state index in [1.54, 1.807) is 17.7 Å². The van der Waals surface area contributed by atoms with E-state index < -0.39 is 0 Å². The Balaban J connectivity index is 1.40. The molecule has 4 aromatic rings. The summed E-state index contributed by atoms with van der Waals surface area (Å²) in [6.45, 7) is 1.11. The third-order valence-electron chi connectivity index (χ3n) is 4.52. The van der Waals surface area contributed by atoms with Crippen LogP contribution in [0.2, 0.25) is 0 Å². The number of para-hydroxylation sites is 2. The Labute approximate surface area is 160 Å². The van der Waals surface area contributed by atoms with Crippen molar-refractivity contribution in [3.8, 4) is 22.6 Å². The zero-order valence-corrected chi connectivity index (χ0v) is 15.3. The average Bonchev–Trinajstić information content (AvgIpc) is 3.17. The zero-order valence-electron chi connectivity index (χ0n) is 14.5. The first-order chi connectivity index (χ1) is 13.4. The predicted molar refractivity (Wildman–Crippen MR) is 108 cm³/mol. The molecule has 1 aliphatic rings. The first kappa shape index (κ1) is 16.1. The van der Waals surface area contributed by atoms with Gasteiger partial charge < -0.3 is 14.8 Å². The molecule has 134 valence electrons. The van der Waals surface area contributed by atoms with E-state index in [2.05, 4.69) is 32.8 Å².